The molecule has 13 nitrogen and oxygen atoms in total. The number of benzene rings is 2. The molecule has 2 heterocycles. The Labute approximate surface area is 332 Å². The van der Waals surface area contributed by atoms with Crippen LogP contribution in [0.3, 0.4) is 0 Å². The summed E-state index contributed by atoms with van der Waals surface area (Å²) < 4.78 is 6.09. The molecule has 13 heteroatoms. The van der Waals surface area contributed by atoms with E-state index in [2.05, 4.69) is 31.4 Å². The second-order valence-electron chi connectivity index (χ2n) is 17.6. The average Bonchev–Trinajstić information content (AvgIpc) is 3.80. The Morgan fingerprint density at radius 1 is 1.09 bits per heavy atom. The maximum absolute atomic E-state index is 14.3. The molecule has 5 aliphatic rings. The van der Waals surface area contributed by atoms with E-state index in [1.54, 1.807) is 24.0 Å². The van der Waals surface area contributed by atoms with Gasteiger partial charge in [0.25, 0.3) is 5.91 Å². The number of nitrogens with one attached hydrogen (secondary N) is 2. The van der Waals surface area contributed by atoms with Crippen molar-refractivity contribution in [1.29, 1.82) is 0 Å². The van der Waals surface area contributed by atoms with Gasteiger partial charge in [0.2, 0.25) is 11.8 Å². The Morgan fingerprint density at radius 3 is 2.46 bits per heavy atom. The molecular weight excluding hydrogens is 713 g/mol. The second kappa shape index (κ2) is 17.0. The molecule has 5 fully saturated rings. The fourth-order valence-electron chi connectivity index (χ4n) is 9.95. The molecule has 2 aromatic carbocycles. The van der Waals surface area contributed by atoms with Crippen LogP contribution in [-0.2, 0) is 21.0 Å². The Morgan fingerprint density at radius 2 is 1.84 bits per heavy atom. The first-order valence-electron chi connectivity index (χ1n) is 20.3. The largest absolute Gasteiger partial charge is 0.496 e. The van der Waals surface area contributed by atoms with E-state index in [4.69, 9.17) is 9.57 Å². The number of hydrogen-bond donors (Lipinski definition) is 4. The van der Waals surface area contributed by atoms with Gasteiger partial charge in [0, 0.05) is 68.1 Å². The molecular formula is C43H64N6O7. The molecule has 0 radical (unpaired) electrons. The number of rotatable bonds is 14. The average molecular weight is 777 g/mol. The number of para-hydroxylation sites is 1. The number of ether oxygens (including phenoxy) is 1. The highest BCUT2D eigenvalue weighted by molar-refractivity contribution is 6.00. The van der Waals surface area contributed by atoms with Gasteiger partial charge < -0.3 is 40.3 Å². The summed E-state index contributed by atoms with van der Waals surface area (Å²) in [5.41, 5.74) is 3.78. The normalized spacial score (nSPS) is 28.8. The minimum Gasteiger partial charge on any atom is -0.496 e. The number of methoxy groups -OCH3 is 1. The number of carbonyl (C=O) groups excluding carboxylic acids is 3. The van der Waals surface area contributed by atoms with Crippen molar-refractivity contribution in [2.45, 2.75) is 90.3 Å². The predicted molar refractivity (Wildman–Crippen MR) is 216 cm³/mol. The topological polar surface area (TPSA) is 147 Å². The molecule has 2 bridgehead atoms. The molecule has 9 atom stereocenters. The number of likely N-dealkylation sites (N-methyl/N-ethyl adjacent to an activating group) is 1. The molecule has 308 valence electrons. The summed E-state index contributed by atoms with van der Waals surface area (Å²) in [7, 11) is 9.33. The summed E-state index contributed by atoms with van der Waals surface area (Å²) in [5, 5.41) is 29.3. The Hall–Kier alpha value is -3.75. The van der Waals surface area contributed by atoms with E-state index in [-0.39, 0.29) is 42.3 Å². The molecule has 2 aliphatic heterocycles. The maximum atomic E-state index is 14.3. The number of aliphatic hydroxyl groups is 2. The first kappa shape index (κ1) is 41.9. The van der Waals surface area contributed by atoms with Crippen molar-refractivity contribution < 1.29 is 34.2 Å². The van der Waals surface area contributed by atoms with Gasteiger partial charge in [-0.2, -0.15) is 5.06 Å². The second-order valence-corrected chi connectivity index (χ2v) is 17.6. The van der Waals surface area contributed by atoms with E-state index in [9.17, 15) is 24.6 Å². The van der Waals surface area contributed by atoms with Crippen LogP contribution in [0.1, 0.15) is 69.3 Å². The van der Waals surface area contributed by atoms with Crippen LogP contribution in [0.5, 0.6) is 5.75 Å². The van der Waals surface area contributed by atoms with Gasteiger partial charge in [0.1, 0.15) is 23.9 Å². The molecule has 7 rings (SSSR count). The third kappa shape index (κ3) is 8.16. The zero-order chi connectivity index (χ0) is 40.6. The summed E-state index contributed by atoms with van der Waals surface area (Å²) in [4.78, 5) is 53.6. The molecule has 3 amide bonds. The lowest BCUT2D eigenvalue weighted by Crippen LogP contribution is -2.62. The number of nitrogens with zero attached hydrogens (tertiary/aromatic N) is 4. The van der Waals surface area contributed by atoms with E-state index in [1.807, 2.05) is 74.4 Å². The highest BCUT2D eigenvalue weighted by Crippen LogP contribution is 2.61. The zero-order valence-electron chi connectivity index (χ0n) is 34.7. The lowest BCUT2D eigenvalue weighted by molar-refractivity contribution is -0.183. The maximum Gasteiger partial charge on any atom is 0.254 e. The number of fused-ring (bicyclic) bond motifs is 2. The van der Waals surface area contributed by atoms with Crippen molar-refractivity contribution in [2.75, 3.05) is 66.4 Å². The first-order valence-corrected chi connectivity index (χ1v) is 20.3. The van der Waals surface area contributed by atoms with Crippen LogP contribution in [0.4, 0.5) is 5.69 Å². The Balaban J connectivity index is 1.28. The summed E-state index contributed by atoms with van der Waals surface area (Å²) in [6.45, 7) is 10.0. The SMILES string of the molecule is COc1c(CN2O[C@@H](CO)[C@H]([C@H](C)O)[C@H]2C(=O)N[C@H]2C[C@H]3C[C@@H]([C@@H]2C)C3(C)C)cccc1-c1cc(C(=O)N2CCC[C@H]2C(=O)NCCN(C)C)cc(N(C)C)c1. The number of anilines is 1. The van der Waals surface area contributed by atoms with Gasteiger partial charge in [-0.05, 0) is 93.6 Å². The predicted octanol–water partition coefficient (Wildman–Crippen LogP) is 3.37. The van der Waals surface area contributed by atoms with Crippen LogP contribution >= 0.6 is 0 Å². The van der Waals surface area contributed by atoms with Gasteiger partial charge in [-0.3, -0.25) is 19.2 Å². The van der Waals surface area contributed by atoms with Crippen molar-refractivity contribution >= 4 is 23.4 Å². The first-order chi connectivity index (χ1) is 26.6. The van der Waals surface area contributed by atoms with E-state index >= 15 is 0 Å². The summed E-state index contributed by atoms with van der Waals surface area (Å²) >= 11 is 0. The third-order valence-electron chi connectivity index (χ3n) is 13.4. The molecule has 0 spiro atoms. The number of amides is 3. The summed E-state index contributed by atoms with van der Waals surface area (Å²) in [5.74, 6) is 0.758. The smallest absolute Gasteiger partial charge is 0.254 e. The number of aliphatic hydroxyl groups excluding tert-OH is 2. The van der Waals surface area contributed by atoms with Crippen LogP contribution < -0.4 is 20.3 Å². The molecule has 56 heavy (non-hydrogen) atoms. The standard InChI is InChI=1S/C43H64N6O7/c1-25-33-21-30(43(33,3)4)22-34(25)45-41(53)38-37(26(2)51)36(24-50)56-49(38)23-27-12-10-13-32(39(27)55-9)28-18-29(20-31(19-28)47(7)8)42(54)48-16-11-14-35(48)40(52)44-15-17-46(5)6/h10,12-13,18-20,25-26,30,33-38,50-51H,11,14-17,21-24H2,1-9H3,(H,44,52)(H,45,53)/t25-,26-,30+,33-,34-,35-,36-,37-,38-/m0/s1. The Kier molecular flexibility index (Phi) is 12.7. The molecule has 4 N–H and O–H groups in total. The molecule has 2 saturated heterocycles. The quantitative estimate of drug-likeness (QED) is 0.225. The number of hydroxylamine groups is 2. The van der Waals surface area contributed by atoms with E-state index in [0.29, 0.717) is 55.1 Å². The van der Waals surface area contributed by atoms with Gasteiger partial charge in [-0.25, -0.2) is 0 Å². The number of likely N-dealkylation sites (tertiary alicyclic amines) is 1. The minimum atomic E-state index is -0.915. The van der Waals surface area contributed by atoms with Crippen molar-refractivity contribution in [3.63, 3.8) is 0 Å². The van der Waals surface area contributed by atoms with Gasteiger partial charge in [-0.1, -0.05) is 39.0 Å². The Bertz CT molecular complexity index is 1750. The van der Waals surface area contributed by atoms with Crippen LogP contribution in [0.2, 0.25) is 0 Å². The van der Waals surface area contributed by atoms with Crippen molar-refractivity contribution in [1.82, 2.24) is 25.5 Å². The molecule has 0 aromatic heterocycles. The van der Waals surface area contributed by atoms with Crippen LogP contribution in [0.15, 0.2) is 36.4 Å². The fourth-order valence-corrected chi connectivity index (χ4v) is 9.95. The van der Waals surface area contributed by atoms with Crippen LogP contribution in [-0.4, -0.2) is 135 Å². The van der Waals surface area contributed by atoms with Crippen LogP contribution in [0, 0.1) is 29.1 Å². The summed E-state index contributed by atoms with van der Waals surface area (Å²) in [6, 6.07) is 10.1. The highest BCUT2D eigenvalue weighted by Gasteiger charge is 2.57. The van der Waals surface area contributed by atoms with Gasteiger partial charge in [0.05, 0.1) is 26.4 Å². The highest BCUT2D eigenvalue weighted by atomic mass is 16.7. The summed E-state index contributed by atoms with van der Waals surface area (Å²) in [6.07, 6.45) is 1.78. The molecule has 3 aliphatic carbocycles. The van der Waals surface area contributed by atoms with Crippen molar-refractivity contribution in [3.8, 4) is 16.9 Å². The minimum absolute atomic E-state index is 0.0241. The molecule has 2 aromatic rings. The third-order valence-corrected chi connectivity index (χ3v) is 13.4. The van der Waals surface area contributed by atoms with Crippen molar-refractivity contribution in [2.24, 2.45) is 29.1 Å². The van der Waals surface area contributed by atoms with Gasteiger partial charge >= 0.3 is 0 Å². The van der Waals surface area contributed by atoms with E-state index < -0.39 is 30.2 Å². The van der Waals surface area contributed by atoms with Gasteiger partial charge in [-0.15, -0.1) is 0 Å². The van der Waals surface area contributed by atoms with Gasteiger partial charge in [0.15, 0.2) is 0 Å². The molecule has 0 unspecified atom stereocenters. The van der Waals surface area contributed by atoms with E-state index in [1.165, 1.54) is 6.42 Å². The molecule has 3 saturated carbocycles. The number of carbonyl (C=O) groups is 3. The number of hydrogen-bond acceptors (Lipinski definition) is 10. The fraction of sp³-hybridized carbons (Fsp3) is 0.651. The van der Waals surface area contributed by atoms with Crippen LogP contribution in [0.25, 0.3) is 11.1 Å². The zero-order valence-corrected chi connectivity index (χ0v) is 34.7. The van der Waals surface area contributed by atoms with Crippen molar-refractivity contribution in [3.05, 3.63) is 47.5 Å². The lowest BCUT2D eigenvalue weighted by Gasteiger charge is -2.62. The lowest BCUT2D eigenvalue weighted by atomic mass is 9.45. The van der Waals surface area contributed by atoms with E-state index in [0.717, 1.165) is 35.2 Å². The monoisotopic (exact) mass is 776 g/mol.